The number of phenolic OH excluding ortho intramolecular Hbond substituents is 1. The first kappa shape index (κ1) is 33.9. The number of amides is 2. The van der Waals surface area contributed by atoms with Gasteiger partial charge in [0.25, 0.3) is 11.8 Å². The SMILES string of the molecule is CCC(C)N(C(=O)c1cc(OS(C)(=O)=O)cc(C(=O)N(CC)c2ccccc2)c1)c1ccc(NCc2cccc(OC)c2)c(O)c1. The lowest BCUT2D eigenvalue weighted by Gasteiger charge is -2.30. The maximum Gasteiger partial charge on any atom is 0.306 e. The Balaban J connectivity index is 1.70. The van der Waals surface area contributed by atoms with Crippen LogP contribution in [-0.2, 0) is 16.7 Å². The number of phenols is 1. The average Bonchev–Trinajstić information content (AvgIpc) is 3.04. The number of benzene rings is 4. The molecule has 1 atom stereocenters. The fourth-order valence-electron chi connectivity index (χ4n) is 4.97. The molecule has 0 spiro atoms. The molecule has 2 amide bonds. The molecule has 0 aromatic heterocycles. The van der Waals surface area contributed by atoms with Gasteiger partial charge in [-0.25, -0.2) is 0 Å². The van der Waals surface area contributed by atoms with E-state index in [1.165, 1.54) is 34.1 Å². The highest BCUT2D eigenvalue weighted by molar-refractivity contribution is 7.86. The van der Waals surface area contributed by atoms with Gasteiger partial charge in [0.05, 0.1) is 19.1 Å². The van der Waals surface area contributed by atoms with Crippen LogP contribution >= 0.6 is 0 Å². The van der Waals surface area contributed by atoms with Crippen molar-refractivity contribution in [2.45, 2.75) is 39.8 Å². The summed E-state index contributed by atoms with van der Waals surface area (Å²) >= 11 is 0. The lowest BCUT2D eigenvalue weighted by atomic mass is 10.0. The zero-order valence-corrected chi connectivity index (χ0v) is 27.4. The van der Waals surface area contributed by atoms with Crippen LogP contribution in [0.4, 0.5) is 17.1 Å². The smallest absolute Gasteiger partial charge is 0.306 e. The van der Waals surface area contributed by atoms with Gasteiger partial charge in [0, 0.05) is 47.7 Å². The zero-order chi connectivity index (χ0) is 33.4. The maximum atomic E-state index is 14.2. The highest BCUT2D eigenvalue weighted by Gasteiger charge is 2.27. The minimum atomic E-state index is -3.97. The van der Waals surface area contributed by atoms with E-state index in [-0.39, 0.29) is 28.7 Å². The van der Waals surface area contributed by atoms with Crippen LogP contribution in [0.3, 0.4) is 0 Å². The third-order valence-corrected chi connectivity index (χ3v) is 7.90. The van der Waals surface area contributed by atoms with Crippen molar-refractivity contribution in [3.8, 4) is 17.2 Å². The number of aromatic hydroxyl groups is 1. The van der Waals surface area contributed by atoms with E-state index >= 15 is 0 Å². The van der Waals surface area contributed by atoms with Crippen molar-refractivity contribution in [3.63, 3.8) is 0 Å². The quantitative estimate of drug-likeness (QED) is 0.125. The van der Waals surface area contributed by atoms with Gasteiger partial charge in [-0.1, -0.05) is 37.3 Å². The summed E-state index contributed by atoms with van der Waals surface area (Å²) in [7, 11) is -2.37. The number of carbonyl (C=O) groups excluding carboxylic acids is 2. The van der Waals surface area contributed by atoms with Crippen molar-refractivity contribution in [2.24, 2.45) is 0 Å². The lowest BCUT2D eigenvalue weighted by Crippen LogP contribution is -2.38. The molecular weight excluding hydrogens is 606 g/mol. The molecule has 4 aromatic rings. The predicted octanol–water partition coefficient (Wildman–Crippen LogP) is 6.46. The molecule has 0 fully saturated rings. The van der Waals surface area contributed by atoms with Gasteiger partial charge < -0.3 is 29.1 Å². The maximum absolute atomic E-state index is 14.2. The molecule has 0 saturated carbocycles. The normalized spacial score (nSPS) is 11.8. The second-order valence-corrected chi connectivity index (χ2v) is 12.3. The van der Waals surface area contributed by atoms with Crippen LogP contribution in [0, 0.1) is 0 Å². The van der Waals surface area contributed by atoms with Crippen molar-refractivity contribution < 1.29 is 32.0 Å². The Hall–Kier alpha value is -5.03. The topological polar surface area (TPSA) is 125 Å². The van der Waals surface area contributed by atoms with Crippen LogP contribution in [-0.4, -0.2) is 51.3 Å². The second kappa shape index (κ2) is 14.8. The van der Waals surface area contributed by atoms with Crippen LogP contribution < -0.4 is 24.0 Å². The van der Waals surface area contributed by atoms with Gasteiger partial charge in [0.15, 0.2) is 0 Å². The fourth-order valence-corrected chi connectivity index (χ4v) is 5.41. The van der Waals surface area contributed by atoms with E-state index in [1.54, 1.807) is 31.4 Å². The third-order valence-electron chi connectivity index (χ3n) is 7.40. The second-order valence-electron chi connectivity index (χ2n) is 10.8. The van der Waals surface area contributed by atoms with Crippen LogP contribution in [0.5, 0.6) is 17.2 Å². The van der Waals surface area contributed by atoms with E-state index in [0.29, 0.717) is 36.6 Å². The van der Waals surface area contributed by atoms with Gasteiger partial charge >= 0.3 is 10.1 Å². The number of methoxy groups -OCH3 is 1. The van der Waals surface area contributed by atoms with E-state index in [4.69, 9.17) is 8.92 Å². The summed E-state index contributed by atoms with van der Waals surface area (Å²) in [5.41, 5.74) is 2.63. The van der Waals surface area contributed by atoms with Crippen LogP contribution in [0.1, 0.15) is 53.5 Å². The minimum Gasteiger partial charge on any atom is -0.506 e. The van der Waals surface area contributed by atoms with Crippen molar-refractivity contribution in [3.05, 3.63) is 108 Å². The summed E-state index contributed by atoms with van der Waals surface area (Å²) in [6, 6.07) is 25.2. The molecule has 4 aromatic carbocycles. The largest absolute Gasteiger partial charge is 0.506 e. The molecule has 242 valence electrons. The molecule has 4 rings (SSSR count). The van der Waals surface area contributed by atoms with Gasteiger partial charge in [-0.3, -0.25) is 9.59 Å². The van der Waals surface area contributed by atoms with Crippen molar-refractivity contribution in [1.29, 1.82) is 0 Å². The molecule has 1 unspecified atom stereocenters. The van der Waals surface area contributed by atoms with Gasteiger partial charge in [-0.15, -0.1) is 0 Å². The zero-order valence-electron chi connectivity index (χ0n) is 26.6. The Kier molecular flexibility index (Phi) is 10.9. The number of para-hydroxylation sites is 1. The molecule has 0 heterocycles. The average molecular weight is 646 g/mol. The third kappa shape index (κ3) is 8.36. The first-order chi connectivity index (χ1) is 21.9. The Morgan fingerprint density at radius 1 is 0.848 bits per heavy atom. The first-order valence-corrected chi connectivity index (χ1v) is 16.7. The van der Waals surface area contributed by atoms with Crippen molar-refractivity contribution >= 4 is 39.0 Å². The van der Waals surface area contributed by atoms with Crippen molar-refractivity contribution in [1.82, 2.24) is 0 Å². The summed E-state index contributed by atoms with van der Waals surface area (Å²) in [6.07, 6.45) is 1.47. The Morgan fingerprint density at radius 3 is 2.15 bits per heavy atom. The molecule has 2 N–H and O–H groups in total. The monoisotopic (exact) mass is 645 g/mol. The van der Waals surface area contributed by atoms with Gasteiger partial charge in [0.1, 0.15) is 17.2 Å². The molecule has 0 aliphatic heterocycles. The highest BCUT2D eigenvalue weighted by atomic mass is 32.2. The van der Waals surface area contributed by atoms with Crippen LogP contribution in [0.2, 0.25) is 0 Å². The molecule has 10 nitrogen and oxygen atoms in total. The number of ether oxygens (including phenoxy) is 1. The summed E-state index contributed by atoms with van der Waals surface area (Å²) in [5, 5.41) is 14.2. The van der Waals surface area contributed by atoms with Gasteiger partial charge in [-0.2, -0.15) is 8.42 Å². The number of hydrogen-bond acceptors (Lipinski definition) is 8. The number of rotatable bonds is 13. The van der Waals surface area contributed by atoms with Crippen LogP contribution in [0.15, 0.2) is 91.0 Å². The molecule has 46 heavy (non-hydrogen) atoms. The fraction of sp³-hybridized carbons (Fsp3) is 0.257. The molecule has 0 radical (unpaired) electrons. The van der Waals surface area contributed by atoms with Crippen LogP contribution in [0.25, 0.3) is 0 Å². The van der Waals surface area contributed by atoms with E-state index in [9.17, 15) is 23.1 Å². The van der Waals surface area contributed by atoms with Crippen molar-refractivity contribution in [2.75, 3.05) is 35.0 Å². The predicted molar refractivity (Wildman–Crippen MR) is 181 cm³/mol. The van der Waals surface area contributed by atoms with Gasteiger partial charge in [0.2, 0.25) is 0 Å². The number of hydrogen-bond donors (Lipinski definition) is 2. The van der Waals surface area contributed by atoms with E-state index in [0.717, 1.165) is 17.6 Å². The van der Waals surface area contributed by atoms with E-state index < -0.39 is 21.9 Å². The summed E-state index contributed by atoms with van der Waals surface area (Å²) in [4.78, 5) is 31.0. The number of anilines is 3. The summed E-state index contributed by atoms with van der Waals surface area (Å²) in [6.45, 7) is 6.37. The Morgan fingerprint density at radius 2 is 1.54 bits per heavy atom. The van der Waals surface area contributed by atoms with E-state index in [2.05, 4.69) is 5.32 Å². The summed E-state index contributed by atoms with van der Waals surface area (Å²) in [5.74, 6) is -0.430. The standard InChI is InChI=1S/C35H39N3O7S/c1-6-24(3)38(29-16-17-32(33(39)22-29)36-23-25-12-11-15-30(18-25)44-4)35(41)27-19-26(20-31(21-27)45-46(5,42)43)34(40)37(7-2)28-13-9-8-10-14-28/h8-22,24,36,39H,6-7,23H2,1-5H3. The first-order valence-electron chi connectivity index (χ1n) is 14.9. The molecule has 11 heteroatoms. The minimum absolute atomic E-state index is 0.0497. The lowest BCUT2D eigenvalue weighted by molar-refractivity contribution is 0.0977. The molecule has 0 aliphatic carbocycles. The van der Waals surface area contributed by atoms with Gasteiger partial charge in [-0.05, 0) is 80.4 Å². The number of nitrogens with one attached hydrogen (secondary N) is 1. The highest BCUT2D eigenvalue weighted by Crippen LogP contribution is 2.33. The Labute approximate surface area is 270 Å². The number of carbonyl (C=O) groups is 2. The van der Waals surface area contributed by atoms with E-state index in [1.807, 2.05) is 63.2 Å². The molecular formula is C35H39N3O7S. The Bertz CT molecular complexity index is 1800. The molecule has 0 bridgehead atoms. The molecule has 0 saturated heterocycles. The molecule has 0 aliphatic rings. The summed E-state index contributed by atoms with van der Waals surface area (Å²) < 4.78 is 34.6. The number of nitrogens with zero attached hydrogens (tertiary/aromatic N) is 2.